The molecule has 1 aromatic rings. The summed E-state index contributed by atoms with van der Waals surface area (Å²) in [4.78, 5) is 45.2. The van der Waals surface area contributed by atoms with E-state index in [1.165, 1.54) is 12.0 Å². The Bertz CT molecular complexity index is 1100. The zero-order chi connectivity index (χ0) is 27.2. The summed E-state index contributed by atoms with van der Waals surface area (Å²) in [5.41, 5.74) is 0.756. The van der Waals surface area contributed by atoms with Gasteiger partial charge in [0.2, 0.25) is 17.7 Å². The lowest BCUT2D eigenvalue weighted by molar-refractivity contribution is -0.141. The number of carbonyl (C=O) groups excluding carboxylic acids is 3. The fourth-order valence-corrected chi connectivity index (χ4v) is 6.78. The molecule has 1 saturated carbocycles. The first-order chi connectivity index (χ1) is 18.1. The van der Waals surface area contributed by atoms with Crippen LogP contribution in [0.1, 0.15) is 57.9 Å². The zero-order valence-corrected chi connectivity index (χ0v) is 23.3. The van der Waals surface area contributed by atoms with Crippen molar-refractivity contribution in [3.8, 4) is 0 Å². The van der Waals surface area contributed by atoms with Gasteiger partial charge in [-0.15, -0.1) is 0 Å². The van der Waals surface area contributed by atoms with Crippen LogP contribution in [0.25, 0.3) is 0 Å². The van der Waals surface area contributed by atoms with Crippen molar-refractivity contribution in [3.05, 3.63) is 42.0 Å². The quantitative estimate of drug-likeness (QED) is 0.512. The monoisotopic (exact) mass is 522 g/mol. The van der Waals surface area contributed by atoms with Gasteiger partial charge in [0.25, 0.3) is 0 Å². The van der Waals surface area contributed by atoms with E-state index in [1.807, 2.05) is 55.4 Å². The fourth-order valence-electron chi connectivity index (χ4n) is 6.78. The molecule has 2 N–H and O–H groups in total. The minimum atomic E-state index is -1.13. The van der Waals surface area contributed by atoms with Crippen molar-refractivity contribution >= 4 is 23.4 Å². The molecule has 1 spiro atoms. The summed E-state index contributed by atoms with van der Waals surface area (Å²) in [5, 5.41) is 6.29. The lowest BCUT2D eigenvalue weighted by Gasteiger charge is -2.36. The molecular weight excluding hydrogens is 480 g/mol. The highest BCUT2D eigenvalue weighted by Gasteiger charge is 2.72. The maximum Gasteiger partial charge on any atom is 0.246 e. The first-order valence-corrected chi connectivity index (χ1v) is 14.2. The van der Waals surface area contributed by atoms with Gasteiger partial charge in [0.1, 0.15) is 11.6 Å². The summed E-state index contributed by atoms with van der Waals surface area (Å²) in [5.74, 6) is -1.22. The molecule has 3 aliphatic heterocycles. The minimum Gasteiger partial charge on any atom is -0.359 e. The maximum absolute atomic E-state index is 14.0. The number of anilines is 1. The van der Waals surface area contributed by atoms with Crippen molar-refractivity contribution in [1.82, 2.24) is 15.1 Å². The minimum absolute atomic E-state index is 0.0907. The molecule has 2 bridgehead atoms. The van der Waals surface area contributed by atoms with E-state index in [-0.39, 0.29) is 23.8 Å². The van der Waals surface area contributed by atoms with Crippen LogP contribution in [0.2, 0.25) is 0 Å². The van der Waals surface area contributed by atoms with Crippen LogP contribution >= 0.6 is 0 Å². The Hall–Kier alpha value is -2.71. The Balaban J connectivity index is 1.41. The highest BCUT2D eigenvalue weighted by molar-refractivity contribution is 6.02. The highest BCUT2D eigenvalue weighted by Crippen LogP contribution is 2.55. The molecule has 4 aliphatic rings. The first kappa shape index (κ1) is 26.9. The summed E-state index contributed by atoms with van der Waals surface area (Å²) in [6.07, 6.45) is 7.53. The predicted molar refractivity (Wildman–Crippen MR) is 147 cm³/mol. The van der Waals surface area contributed by atoms with E-state index in [0.717, 1.165) is 19.3 Å². The number of nitrogens with one attached hydrogen (secondary N) is 2. The van der Waals surface area contributed by atoms with Gasteiger partial charge >= 0.3 is 0 Å². The second kappa shape index (κ2) is 10.5. The second-order valence-electron chi connectivity index (χ2n) is 12.2. The SMILES string of the molecule is CC(C)c1ccc(NC(=O)C2[C@@H]3C=CC4(O3)C(C(=O)NC3CCCCC3C)N(CCN(C)C)C(=O)[C@H]24)cc1. The molecule has 7 atom stereocenters. The fraction of sp³-hybridized carbons (Fsp3) is 0.633. The highest BCUT2D eigenvalue weighted by atomic mass is 16.5. The van der Waals surface area contributed by atoms with Crippen molar-refractivity contribution in [2.24, 2.45) is 17.8 Å². The van der Waals surface area contributed by atoms with Crippen LogP contribution in [-0.4, -0.2) is 78.5 Å². The molecule has 38 heavy (non-hydrogen) atoms. The molecule has 0 radical (unpaired) electrons. The number of carbonyl (C=O) groups is 3. The number of likely N-dealkylation sites (tertiary alicyclic amines) is 1. The van der Waals surface area contributed by atoms with E-state index >= 15 is 0 Å². The van der Waals surface area contributed by atoms with E-state index < -0.39 is 29.6 Å². The van der Waals surface area contributed by atoms with Gasteiger partial charge in [-0.25, -0.2) is 0 Å². The van der Waals surface area contributed by atoms with Crippen LogP contribution in [0.15, 0.2) is 36.4 Å². The van der Waals surface area contributed by atoms with Crippen molar-refractivity contribution in [2.75, 3.05) is 32.5 Å². The molecule has 3 fully saturated rings. The number of ether oxygens (including phenoxy) is 1. The van der Waals surface area contributed by atoms with Gasteiger partial charge < -0.3 is 25.2 Å². The molecule has 1 aromatic carbocycles. The zero-order valence-electron chi connectivity index (χ0n) is 23.3. The molecule has 8 heteroatoms. The number of amides is 3. The Morgan fingerprint density at radius 3 is 2.50 bits per heavy atom. The van der Waals surface area contributed by atoms with Gasteiger partial charge in [0.15, 0.2) is 0 Å². The third-order valence-corrected chi connectivity index (χ3v) is 9.00. The van der Waals surface area contributed by atoms with E-state index in [0.29, 0.717) is 30.6 Å². The number of fused-ring (bicyclic) bond motifs is 1. The molecule has 5 unspecified atom stereocenters. The summed E-state index contributed by atoms with van der Waals surface area (Å²) in [6, 6.07) is 7.11. The van der Waals surface area contributed by atoms with Gasteiger partial charge in [-0.05, 0) is 56.5 Å². The number of nitrogens with zero attached hydrogens (tertiary/aromatic N) is 2. The van der Waals surface area contributed by atoms with Crippen LogP contribution in [0.5, 0.6) is 0 Å². The number of hydrogen-bond donors (Lipinski definition) is 2. The third-order valence-electron chi connectivity index (χ3n) is 9.00. The summed E-state index contributed by atoms with van der Waals surface area (Å²) >= 11 is 0. The second-order valence-corrected chi connectivity index (χ2v) is 12.2. The summed E-state index contributed by atoms with van der Waals surface area (Å²) < 4.78 is 6.45. The van der Waals surface area contributed by atoms with E-state index in [4.69, 9.17) is 4.74 Å². The number of hydrogen-bond acceptors (Lipinski definition) is 5. The van der Waals surface area contributed by atoms with Gasteiger partial charge in [0.05, 0.1) is 17.9 Å². The normalized spacial score (nSPS) is 33.8. The van der Waals surface area contributed by atoms with Crippen LogP contribution < -0.4 is 10.6 Å². The molecule has 3 heterocycles. The number of rotatable bonds is 8. The van der Waals surface area contributed by atoms with Gasteiger partial charge in [0, 0.05) is 24.8 Å². The molecule has 1 aliphatic carbocycles. The van der Waals surface area contributed by atoms with Crippen molar-refractivity contribution < 1.29 is 19.1 Å². The van der Waals surface area contributed by atoms with Crippen molar-refractivity contribution in [2.45, 2.75) is 76.2 Å². The smallest absolute Gasteiger partial charge is 0.246 e. The van der Waals surface area contributed by atoms with Crippen LogP contribution in [0.4, 0.5) is 5.69 Å². The number of benzene rings is 1. The largest absolute Gasteiger partial charge is 0.359 e. The van der Waals surface area contributed by atoms with E-state index in [9.17, 15) is 14.4 Å². The van der Waals surface area contributed by atoms with E-state index in [1.54, 1.807) is 4.90 Å². The Morgan fingerprint density at radius 2 is 1.84 bits per heavy atom. The van der Waals surface area contributed by atoms with Crippen LogP contribution in [0.3, 0.4) is 0 Å². The lowest BCUT2D eigenvalue weighted by Crippen LogP contribution is -2.58. The Morgan fingerprint density at radius 1 is 1.13 bits per heavy atom. The molecule has 3 amide bonds. The van der Waals surface area contributed by atoms with E-state index in [2.05, 4.69) is 31.4 Å². The maximum atomic E-state index is 14.0. The molecular formula is C30H42N4O4. The molecule has 0 aromatic heterocycles. The molecule has 2 saturated heterocycles. The third kappa shape index (κ3) is 4.66. The number of likely N-dealkylation sites (N-methyl/N-ethyl adjacent to an activating group) is 1. The molecule has 5 rings (SSSR count). The van der Waals surface area contributed by atoms with Crippen molar-refractivity contribution in [1.29, 1.82) is 0 Å². The first-order valence-electron chi connectivity index (χ1n) is 14.2. The Labute approximate surface area is 226 Å². The molecule has 206 valence electrons. The Kier molecular flexibility index (Phi) is 7.40. The molecule has 8 nitrogen and oxygen atoms in total. The average molecular weight is 523 g/mol. The van der Waals surface area contributed by atoms with Crippen molar-refractivity contribution in [3.63, 3.8) is 0 Å². The topological polar surface area (TPSA) is 91.0 Å². The summed E-state index contributed by atoms with van der Waals surface area (Å²) in [7, 11) is 3.89. The average Bonchev–Trinajstić information content (AvgIpc) is 3.51. The van der Waals surface area contributed by atoms with Crippen LogP contribution in [-0.2, 0) is 19.1 Å². The lowest BCUT2D eigenvalue weighted by atomic mass is 9.74. The standard InChI is InChI=1S/C30H42N4O4/c1-18(2)20-10-12-21(13-11-20)31-27(35)24-23-14-15-30(38-23)25(24)29(37)34(17-16-33(4)5)26(30)28(36)32-22-9-7-6-8-19(22)3/h10-15,18-19,22-26H,6-9,16-17H2,1-5H3,(H,31,35)(H,32,36)/t19?,22?,23-,24?,25-,26?,30?/m0/s1. The summed E-state index contributed by atoms with van der Waals surface area (Å²) in [6.45, 7) is 7.45. The van der Waals surface area contributed by atoms with Gasteiger partial charge in [-0.1, -0.05) is 57.9 Å². The van der Waals surface area contributed by atoms with Crippen LogP contribution in [0, 0.1) is 17.8 Å². The van der Waals surface area contributed by atoms with Gasteiger partial charge in [-0.2, -0.15) is 0 Å². The van der Waals surface area contributed by atoms with Gasteiger partial charge in [-0.3, -0.25) is 14.4 Å². The predicted octanol–water partition coefficient (Wildman–Crippen LogP) is 3.16.